The van der Waals surface area contributed by atoms with Crippen LogP contribution in [0.4, 0.5) is 10.5 Å². The minimum Gasteiger partial charge on any atom is -0.337 e. The highest BCUT2D eigenvalue weighted by atomic mass is 16.2. The molecule has 2 N–H and O–H groups in total. The van der Waals surface area contributed by atoms with Crippen molar-refractivity contribution in [1.29, 1.82) is 0 Å². The zero-order valence-electron chi connectivity index (χ0n) is 14.0. The first-order chi connectivity index (χ1) is 11.1. The van der Waals surface area contributed by atoms with Crippen LogP contribution in [0.1, 0.15) is 18.4 Å². The van der Waals surface area contributed by atoms with E-state index in [1.54, 1.807) is 6.07 Å². The topological polar surface area (TPSA) is 47.6 Å². The van der Waals surface area contributed by atoms with Crippen LogP contribution in [0.3, 0.4) is 0 Å². The number of nitrogens with zero attached hydrogens (tertiary/aromatic N) is 2. The highest BCUT2D eigenvalue weighted by Crippen LogP contribution is 2.13. The molecule has 0 spiro atoms. The van der Waals surface area contributed by atoms with E-state index in [0.717, 1.165) is 25.2 Å². The average Bonchev–Trinajstić information content (AvgIpc) is 2.55. The van der Waals surface area contributed by atoms with Crippen molar-refractivity contribution >= 4 is 11.7 Å². The van der Waals surface area contributed by atoms with Crippen LogP contribution in [0.15, 0.2) is 24.3 Å². The first-order valence-electron chi connectivity index (χ1n) is 8.09. The van der Waals surface area contributed by atoms with Crippen LogP contribution < -0.4 is 10.6 Å². The second kappa shape index (κ2) is 8.56. The number of likely N-dealkylation sites (tertiary alicyclic amines) is 1. The molecule has 0 radical (unpaired) electrons. The minimum atomic E-state index is -0.192. The molecular formula is C18H26N4O. The number of amides is 2. The molecule has 2 amide bonds. The molecule has 2 rings (SSSR count). The molecule has 5 nitrogen and oxygen atoms in total. The van der Waals surface area contributed by atoms with E-state index in [1.165, 1.54) is 12.8 Å². The molecule has 0 atom stereocenters. The van der Waals surface area contributed by atoms with Gasteiger partial charge >= 0.3 is 6.03 Å². The third-order valence-corrected chi connectivity index (χ3v) is 4.29. The Morgan fingerprint density at radius 3 is 2.78 bits per heavy atom. The molecule has 0 aromatic heterocycles. The summed E-state index contributed by atoms with van der Waals surface area (Å²) in [6.07, 6.45) is 7.74. The monoisotopic (exact) mass is 314 g/mol. The van der Waals surface area contributed by atoms with Crippen molar-refractivity contribution in [2.24, 2.45) is 0 Å². The highest BCUT2D eigenvalue weighted by molar-refractivity contribution is 5.89. The summed E-state index contributed by atoms with van der Waals surface area (Å²) in [5.41, 5.74) is 1.47. The molecule has 1 aromatic carbocycles. The lowest BCUT2D eigenvalue weighted by atomic mass is 10.0. The zero-order valence-corrected chi connectivity index (χ0v) is 14.0. The number of anilines is 1. The van der Waals surface area contributed by atoms with Gasteiger partial charge in [-0.05, 0) is 58.2 Å². The maximum atomic E-state index is 11.9. The molecule has 0 bridgehead atoms. The minimum absolute atomic E-state index is 0.192. The Labute approximate surface area is 139 Å². The Kier molecular flexibility index (Phi) is 6.45. The fraction of sp³-hybridized carbons (Fsp3) is 0.500. The third kappa shape index (κ3) is 5.59. The fourth-order valence-corrected chi connectivity index (χ4v) is 2.85. The standard InChI is InChI=1S/C18H26N4O/c1-4-15-6-5-7-16(14-15)20-18(23)19-10-13-22-11-8-17(9-12-22)21(2)3/h1,5-7,14,17H,8-13H2,2-3H3,(H2,19,20,23). The van der Waals surface area contributed by atoms with E-state index >= 15 is 0 Å². The van der Waals surface area contributed by atoms with E-state index in [0.29, 0.717) is 18.3 Å². The first-order valence-corrected chi connectivity index (χ1v) is 8.09. The third-order valence-electron chi connectivity index (χ3n) is 4.29. The van der Waals surface area contributed by atoms with Crippen molar-refractivity contribution in [1.82, 2.24) is 15.1 Å². The van der Waals surface area contributed by atoms with Gasteiger partial charge in [-0.25, -0.2) is 4.79 Å². The van der Waals surface area contributed by atoms with Gasteiger partial charge in [0.15, 0.2) is 0 Å². The Balaban J connectivity index is 1.66. The molecule has 1 saturated heterocycles. The summed E-state index contributed by atoms with van der Waals surface area (Å²) in [6.45, 7) is 3.72. The first kappa shape index (κ1) is 17.3. The normalized spacial score (nSPS) is 16.1. The predicted octanol–water partition coefficient (Wildman–Crippen LogP) is 1.82. The van der Waals surface area contributed by atoms with Gasteiger partial charge in [0.25, 0.3) is 0 Å². The van der Waals surface area contributed by atoms with Crippen LogP contribution in [0.5, 0.6) is 0 Å². The molecule has 1 heterocycles. The number of carbonyl (C=O) groups excluding carboxylic acids is 1. The van der Waals surface area contributed by atoms with E-state index in [2.05, 4.69) is 40.4 Å². The summed E-state index contributed by atoms with van der Waals surface area (Å²) in [5.74, 6) is 2.56. The molecule has 0 unspecified atom stereocenters. The van der Waals surface area contributed by atoms with Gasteiger partial charge in [0.1, 0.15) is 0 Å². The lowest BCUT2D eigenvalue weighted by molar-refractivity contribution is 0.146. The molecular weight excluding hydrogens is 288 g/mol. The molecule has 5 heteroatoms. The van der Waals surface area contributed by atoms with Crippen LogP contribution in [0.25, 0.3) is 0 Å². The Bertz CT molecular complexity index is 556. The maximum absolute atomic E-state index is 11.9. The largest absolute Gasteiger partial charge is 0.337 e. The molecule has 23 heavy (non-hydrogen) atoms. The van der Waals surface area contributed by atoms with Crippen LogP contribution in [-0.2, 0) is 0 Å². The van der Waals surface area contributed by atoms with Gasteiger partial charge in [0, 0.05) is 30.4 Å². The summed E-state index contributed by atoms with van der Waals surface area (Å²) in [7, 11) is 4.28. The lowest BCUT2D eigenvalue weighted by Gasteiger charge is -2.35. The number of rotatable bonds is 5. The van der Waals surface area contributed by atoms with E-state index in [9.17, 15) is 4.79 Å². The Morgan fingerprint density at radius 2 is 2.13 bits per heavy atom. The number of hydrogen-bond donors (Lipinski definition) is 2. The molecule has 124 valence electrons. The molecule has 1 fully saturated rings. The number of hydrogen-bond acceptors (Lipinski definition) is 3. The van der Waals surface area contributed by atoms with Gasteiger partial charge in [-0.15, -0.1) is 6.42 Å². The lowest BCUT2D eigenvalue weighted by Crippen LogP contribution is -2.44. The summed E-state index contributed by atoms with van der Waals surface area (Å²) in [4.78, 5) is 16.6. The number of nitrogens with one attached hydrogen (secondary N) is 2. The molecule has 1 aliphatic heterocycles. The van der Waals surface area contributed by atoms with Gasteiger partial charge in [0.05, 0.1) is 0 Å². The SMILES string of the molecule is C#Cc1cccc(NC(=O)NCCN2CCC(N(C)C)CC2)c1. The second-order valence-corrected chi connectivity index (χ2v) is 6.14. The van der Waals surface area contributed by atoms with Crippen molar-refractivity contribution in [2.75, 3.05) is 45.6 Å². The van der Waals surface area contributed by atoms with E-state index in [1.807, 2.05) is 18.2 Å². The van der Waals surface area contributed by atoms with Crippen LogP contribution >= 0.6 is 0 Å². The molecule has 0 saturated carbocycles. The predicted molar refractivity (Wildman–Crippen MR) is 94.5 cm³/mol. The van der Waals surface area contributed by atoms with Crippen molar-refractivity contribution in [3.8, 4) is 12.3 Å². The summed E-state index contributed by atoms with van der Waals surface area (Å²) in [5, 5.41) is 5.70. The smallest absolute Gasteiger partial charge is 0.319 e. The van der Waals surface area contributed by atoms with Gasteiger partial charge in [-0.2, -0.15) is 0 Å². The number of carbonyl (C=O) groups is 1. The van der Waals surface area contributed by atoms with Crippen LogP contribution in [-0.4, -0.2) is 62.1 Å². The van der Waals surface area contributed by atoms with E-state index < -0.39 is 0 Å². The molecule has 1 aliphatic rings. The van der Waals surface area contributed by atoms with Crippen molar-refractivity contribution < 1.29 is 4.79 Å². The van der Waals surface area contributed by atoms with Gasteiger partial charge in [0.2, 0.25) is 0 Å². The second-order valence-electron chi connectivity index (χ2n) is 6.14. The highest BCUT2D eigenvalue weighted by Gasteiger charge is 2.20. The van der Waals surface area contributed by atoms with Crippen LogP contribution in [0.2, 0.25) is 0 Å². The Hall–Kier alpha value is -2.03. The van der Waals surface area contributed by atoms with Crippen molar-refractivity contribution in [3.05, 3.63) is 29.8 Å². The number of terminal acetylenes is 1. The quantitative estimate of drug-likeness (QED) is 0.815. The van der Waals surface area contributed by atoms with Crippen LogP contribution in [0, 0.1) is 12.3 Å². The average molecular weight is 314 g/mol. The van der Waals surface area contributed by atoms with Gasteiger partial charge in [-0.3, -0.25) is 0 Å². The van der Waals surface area contributed by atoms with Gasteiger partial charge < -0.3 is 20.4 Å². The number of urea groups is 1. The summed E-state index contributed by atoms with van der Waals surface area (Å²) < 4.78 is 0. The van der Waals surface area contributed by atoms with E-state index in [-0.39, 0.29) is 6.03 Å². The van der Waals surface area contributed by atoms with E-state index in [4.69, 9.17) is 6.42 Å². The molecule has 0 aliphatic carbocycles. The maximum Gasteiger partial charge on any atom is 0.319 e. The number of benzene rings is 1. The summed E-state index contributed by atoms with van der Waals surface area (Å²) >= 11 is 0. The molecule has 1 aromatic rings. The van der Waals surface area contributed by atoms with Crippen molar-refractivity contribution in [3.63, 3.8) is 0 Å². The van der Waals surface area contributed by atoms with Crippen molar-refractivity contribution in [2.45, 2.75) is 18.9 Å². The summed E-state index contributed by atoms with van der Waals surface area (Å²) in [6, 6.07) is 7.77. The zero-order chi connectivity index (χ0) is 16.7. The fourth-order valence-electron chi connectivity index (χ4n) is 2.85. The number of piperidine rings is 1. The van der Waals surface area contributed by atoms with Gasteiger partial charge in [-0.1, -0.05) is 12.0 Å². The Morgan fingerprint density at radius 1 is 1.39 bits per heavy atom.